The number of carbonyl (C=O) groups excluding carboxylic acids is 1. The van der Waals surface area contributed by atoms with Crippen molar-refractivity contribution in [3.05, 3.63) is 54.1 Å². The number of amides is 1. The van der Waals surface area contributed by atoms with Gasteiger partial charge in [0.2, 0.25) is 5.91 Å². The predicted octanol–water partition coefficient (Wildman–Crippen LogP) is 4.85. The van der Waals surface area contributed by atoms with Crippen molar-refractivity contribution in [2.24, 2.45) is 0 Å². The molecule has 9 heteroatoms. The number of nitrogens with one attached hydrogen (secondary N) is 2. The standard InChI is InChI=1S/C18H15F3N4O2/c1-2-15(26)23-17-25-24-16(27-17)13-5-3-4-6-14(13)22-12-9-7-11(8-10-12)18(19,20)21/h3-10,22H,2H2,1H3,(H,23,25,26). The van der Waals surface area contributed by atoms with Gasteiger partial charge in [0.25, 0.3) is 5.89 Å². The molecular weight excluding hydrogens is 361 g/mol. The van der Waals surface area contributed by atoms with Gasteiger partial charge in [0.05, 0.1) is 16.8 Å². The number of rotatable bonds is 5. The predicted molar refractivity (Wildman–Crippen MR) is 93.4 cm³/mol. The minimum Gasteiger partial charge on any atom is -0.403 e. The zero-order chi connectivity index (χ0) is 19.4. The number of nitrogens with zero attached hydrogens (tertiary/aromatic N) is 2. The summed E-state index contributed by atoms with van der Waals surface area (Å²) in [5, 5.41) is 13.2. The van der Waals surface area contributed by atoms with Crippen LogP contribution in [0.3, 0.4) is 0 Å². The number of aromatic nitrogens is 2. The van der Waals surface area contributed by atoms with E-state index in [4.69, 9.17) is 4.42 Å². The molecule has 0 saturated heterocycles. The van der Waals surface area contributed by atoms with Gasteiger partial charge in [0.15, 0.2) is 0 Å². The average molecular weight is 376 g/mol. The van der Waals surface area contributed by atoms with Gasteiger partial charge >= 0.3 is 12.2 Å². The molecule has 0 unspecified atom stereocenters. The highest BCUT2D eigenvalue weighted by Gasteiger charge is 2.30. The lowest BCUT2D eigenvalue weighted by molar-refractivity contribution is -0.137. The Hall–Kier alpha value is -3.36. The summed E-state index contributed by atoms with van der Waals surface area (Å²) in [6, 6.07) is 11.6. The van der Waals surface area contributed by atoms with Crippen molar-refractivity contribution in [2.45, 2.75) is 19.5 Å². The van der Waals surface area contributed by atoms with Gasteiger partial charge in [-0.25, -0.2) is 0 Å². The van der Waals surface area contributed by atoms with Crippen LogP contribution in [-0.4, -0.2) is 16.1 Å². The summed E-state index contributed by atoms with van der Waals surface area (Å²) >= 11 is 0. The van der Waals surface area contributed by atoms with Crippen LogP contribution < -0.4 is 10.6 Å². The Morgan fingerprint density at radius 3 is 2.44 bits per heavy atom. The number of hydrogen-bond acceptors (Lipinski definition) is 5. The van der Waals surface area contributed by atoms with Crippen LogP contribution >= 0.6 is 0 Å². The third-order valence-corrected chi connectivity index (χ3v) is 3.64. The van der Waals surface area contributed by atoms with Crippen LogP contribution in [0, 0.1) is 0 Å². The maximum atomic E-state index is 12.7. The fourth-order valence-corrected chi connectivity index (χ4v) is 2.27. The molecule has 0 aliphatic carbocycles. The van der Waals surface area contributed by atoms with E-state index in [-0.39, 0.29) is 24.2 Å². The quantitative estimate of drug-likeness (QED) is 0.666. The maximum Gasteiger partial charge on any atom is 0.416 e. The molecule has 0 spiro atoms. The lowest BCUT2D eigenvalue weighted by atomic mass is 10.1. The van der Waals surface area contributed by atoms with Crippen LogP contribution in [0.25, 0.3) is 11.5 Å². The molecule has 0 aliphatic heterocycles. The third-order valence-electron chi connectivity index (χ3n) is 3.64. The molecule has 0 saturated carbocycles. The summed E-state index contributed by atoms with van der Waals surface area (Å²) in [6.45, 7) is 1.69. The summed E-state index contributed by atoms with van der Waals surface area (Å²) in [5.74, 6) is -0.0993. The van der Waals surface area contributed by atoms with Crippen molar-refractivity contribution in [3.63, 3.8) is 0 Å². The van der Waals surface area contributed by atoms with Crippen LogP contribution in [0.5, 0.6) is 0 Å². The Kier molecular flexibility index (Phi) is 5.11. The van der Waals surface area contributed by atoms with Crippen LogP contribution in [0.15, 0.2) is 52.9 Å². The van der Waals surface area contributed by atoms with E-state index >= 15 is 0 Å². The normalized spacial score (nSPS) is 11.3. The number of benzene rings is 2. The van der Waals surface area contributed by atoms with Crippen LogP contribution in [-0.2, 0) is 11.0 Å². The SMILES string of the molecule is CCC(=O)Nc1nnc(-c2ccccc2Nc2ccc(C(F)(F)F)cc2)o1. The molecule has 0 aliphatic rings. The first kappa shape index (κ1) is 18.4. The number of alkyl halides is 3. The Bertz CT molecular complexity index is 936. The first-order valence-corrected chi connectivity index (χ1v) is 8.04. The second-order valence-electron chi connectivity index (χ2n) is 5.56. The summed E-state index contributed by atoms with van der Waals surface area (Å²) in [4.78, 5) is 11.4. The Labute approximate surface area is 152 Å². The highest BCUT2D eigenvalue weighted by atomic mass is 19.4. The number of hydrogen-bond donors (Lipinski definition) is 2. The molecule has 1 heterocycles. The van der Waals surface area contributed by atoms with Crippen molar-refractivity contribution in [3.8, 4) is 11.5 Å². The first-order valence-electron chi connectivity index (χ1n) is 8.04. The number of para-hydroxylation sites is 1. The van der Waals surface area contributed by atoms with E-state index in [1.54, 1.807) is 31.2 Å². The molecule has 2 aromatic carbocycles. The molecule has 6 nitrogen and oxygen atoms in total. The lowest BCUT2D eigenvalue weighted by Crippen LogP contribution is -2.09. The summed E-state index contributed by atoms with van der Waals surface area (Å²) < 4.78 is 43.5. The third kappa shape index (κ3) is 4.43. The van der Waals surface area contributed by atoms with E-state index in [2.05, 4.69) is 20.8 Å². The van der Waals surface area contributed by atoms with E-state index in [0.29, 0.717) is 16.9 Å². The summed E-state index contributed by atoms with van der Waals surface area (Å²) in [6.07, 6.45) is -4.12. The zero-order valence-electron chi connectivity index (χ0n) is 14.2. The van der Waals surface area contributed by atoms with Crippen molar-refractivity contribution in [1.82, 2.24) is 10.2 Å². The molecule has 2 N–H and O–H groups in total. The number of halogens is 3. The van der Waals surface area contributed by atoms with E-state index in [9.17, 15) is 18.0 Å². The van der Waals surface area contributed by atoms with Gasteiger partial charge in [0.1, 0.15) is 0 Å². The molecule has 0 bridgehead atoms. The zero-order valence-corrected chi connectivity index (χ0v) is 14.2. The van der Waals surface area contributed by atoms with E-state index in [1.807, 2.05) is 0 Å². The summed E-state index contributed by atoms with van der Waals surface area (Å²) in [7, 11) is 0. The van der Waals surface area contributed by atoms with E-state index in [1.165, 1.54) is 12.1 Å². The smallest absolute Gasteiger partial charge is 0.403 e. The molecule has 1 aromatic heterocycles. The molecule has 1 amide bonds. The molecule has 3 rings (SSSR count). The monoisotopic (exact) mass is 376 g/mol. The number of anilines is 3. The largest absolute Gasteiger partial charge is 0.416 e. The van der Waals surface area contributed by atoms with Crippen molar-refractivity contribution >= 4 is 23.3 Å². The van der Waals surface area contributed by atoms with Gasteiger partial charge in [-0.05, 0) is 36.4 Å². The van der Waals surface area contributed by atoms with Gasteiger partial charge < -0.3 is 9.73 Å². The molecule has 3 aromatic rings. The number of carbonyl (C=O) groups is 1. The molecular formula is C18H15F3N4O2. The van der Waals surface area contributed by atoms with Crippen LogP contribution in [0.4, 0.5) is 30.6 Å². The Morgan fingerprint density at radius 1 is 1.07 bits per heavy atom. The highest BCUT2D eigenvalue weighted by Crippen LogP contribution is 2.33. The topological polar surface area (TPSA) is 80.0 Å². The molecule has 140 valence electrons. The van der Waals surface area contributed by atoms with Crippen molar-refractivity contribution < 1.29 is 22.4 Å². The van der Waals surface area contributed by atoms with Gasteiger partial charge in [0, 0.05) is 12.1 Å². The van der Waals surface area contributed by atoms with Crippen LogP contribution in [0.2, 0.25) is 0 Å². The Balaban J connectivity index is 1.83. The van der Waals surface area contributed by atoms with Gasteiger partial charge in [-0.15, -0.1) is 5.10 Å². The van der Waals surface area contributed by atoms with Gasteiger partial charge in [-0.2, -0.15) is 13.2 Å². The minimum absolute atomic E-state index is 0.0267. The highest BCUT2D eigenvalue weighted by molar-refractivity contribution is 5.88. The first-order chi connectivity index (χ1) is 12.9. The Morgan fingerprint density at radius 2 is 1.78 bits per heavy atom. The van der Waals surface area contributed by atoms with Crippen molar-refractivity contribution in [2.75, 3.05) is 10.6 Å². The minimum atomic E-state index is -4.39. The molecule has 27 heavy (non-hydrogen) atoms. The molecule has 0 fully saturated rings. The second kappa shape index (κ2) is 7.48. The fourth-order valence-electron chi connectivity index (χ4n) is 2.27. The molecule has 0 atom stereocenters. The van der Waals surface area contributed by atoms with Crippen molar-refractivity contribution in [1.29, 1.82) is 0 Å². The van der Waals surface area contributed by atoms with Gasteiger partial charge in [-0.1, -0.05) is 24.2 Å². The molecule has 0 radical (unpaired) electrons. The van der Waals surface area contributed by atoms with Gasteiger partial charge in [-0.3, -0.25) is 10.1 Å². The summed E-state index contributed by atoms with van der Waals surface area (Å²) in [5.41, 5.74) is 0.847. The van der Waals surface area contributed by atoms with E-state index < -0.39 is 11.7 Å². The van der Waals surface area contributed by atoms with E-state index in [0.717, 1.165) is 12.1 Å². The van der Waals surface area contributed by atoms with Crippen LogP contribution in [0.1, 0.15) is 18.9 Å². The lowest BCUT2D eigenvalue weighted by Gasteiger charge is -2.11. The second-order valence-corrected chi connectivity index (χ2v) is 5.56. The fraction of sp³-hybridized carbons (Fsp3) is 0.167. The maximum absolute atomic E-state index is 12.7. The average Bonchev–Trinajstić information content (AvgIpc) is 3.10.